The summed E-state index contributed by atoms with van der Waals surface area (Å²) in [4.78, 5) is 25.0. The third kappa shape index (κ3) is 9.09. The summed E-state index contributed by atoms with van der Waals surface area (Å²) >= 11 is 0. The van der Waals surface area contributed by atoms with E-state index < -0.39 is 33.7 Å². The number of rotatable bonds is 12. The summed E-state index contributed by atoms with van der Waals surface area (Å²) in [6.07, 6.45) is 5.09. The van der Waals surface area contributed by atoms with Crippen LogP contribution in [0.2, 0.25) is 0 Å². The zero-order valence-corrected chi connectivity index (χ0v) is 19.2. The van der Waals surface area contributed by atoms with Crippen LogP contribution in [-0.2, 0) is 19.6 Å². The van der Waals surface area contributed by atoms with Gasteiger partial charge >= 0.3 is 5.97 Å². The molecule has 0 unspecified atom stereocenters. The first-order valence-electron chi connectivity index (χ1n) is 10.1. The number of carbonyl (C=O) groups excluding carboxylic acids is 1. The van der Waals surface area contributed by atoms with Crippen LogP contribution in [0, 0.1) is 23.7 Å². The Labute approximate surface area is 180 Å². The van der Waals surface area contributed by atoms with Gasteiger partial charge in [0.2, 0.25) is 15.9 Å². The zero-order chi connectivity index (χ0) is 22.9. The Hall–Kier alpha value is -2.19. The molecule has 0 spiro atoms. The number of carbonyl (C=O) groups is 2. The molecule has 1 rings (SSSR count). The van der Waals surface area contributed by atoms with Gasteiger partial charge in [-0.15, -0.1) is 4.41 Å². The molecule has 0 saturated heterocycles. The number of sulfonamides is 1. The number of aliphatic carboxylic acids is 1. The van der Waals surface area contributed by atoms with E-state index in [1.54, 1.807) is 6.08 Å². The van der Waals surface area contributed by atoms with Crippen molar-refractivity contribution in [3.63, 3.8) is 0 Å². The molecule has 0 aliphatic carbocycles. The maximum Gasteiger partial charge on any atom is 0.307 e. The van der Waals surface area contributed by atoms with Crippen LogP contribution in [0.1, 0.15) is 46.1 Å². The molecule has 0 bridgehead atoms. The predicted octanol–water partition coefficient (Wildman–Crippen LogP) is 3.40. The predicted molar refractivity (Wildman–Crippen MR) is 119 cm³/mol. The van der Waals surface area contributed by atoms with Gasteiger partial charge in [0.05, 0.1) is 18.1 Å². The first kappa shape index (κ1) is 25.8. The number of carboxylic acid groups (broad SMARTS) is 1. The fourth-order valence-electron chi connectivity index (χ4n) is 3.12. The third-order valence-corrected chi connectivity index (χ3v) is 5.57. The number of benzene rings is 1. The molecule has 30 heavy (non-hydrogen) atoms. The average Bonchev–Trinajstić information content (AvgIpc) is 2.62. The fraction of sp³-hybridized carbons (Fsp3) is 0.545. The first-order valence-corrected chi connectivity index (χ1v) is 12.0. The highest BCUT2D eigenvalue weighted by molar-refractivity contribution is 7.88. The molecule has 0 radical (unpaired) electrons. The van der Waals surface area contributed by atoms with Gasteiger partial charge in [-0.1, -0.05) is 70.2 Å². The zero-order valence-electron chi connectivity index (χ0n) is 18.4. The second-order valence-corrected chi connectivity index (χ2v) is 10.3. The van der Waals surface area contributed by atoms with Crippen molar-refractivity contribution in [1.29, 1.82) is 0 Å². The van der Waals surface area contributed by atoms with Gasteiger partial charge in [0, 0.05) is 6.54 Å². The number of hydrogen-bond acceptors (Lipinski definition) is 4. The van der Waals surface area contributed by atoms with Crippen molar-refractivity contribution in [2.75, 3.05) is 12.8 Å². The quantitative estimate of drug-likeness (QED) is 0.487. The maximum absolute atomic E-state index is 13.0. The van der Waals surface area contributed by atoms with Gasteiger partial charge in [-0.25, -0.2) is 8.42 Å². The molecule has 1 aromatic rings. The Kier molecular flexibility index (Phi) is 10.2. The minimum absolute atomic E-state index is 0.00681. The maximum atomic E-state index is 13.0. The SMILES string of the molecule is CC(C)C[C@@H](C(=O)NN(CC(C)C)S(C)(=O)=O)[C@H](C/C=C/c1ccccc1)C(=O)O. The van der Waals surface area contributed by atoms with Crippen molar-refractivity contribution in [3.05, 3.63) is 42.0 Å². The number of carboxylic acids is 1. The van der Waals surface area contributed by atoms with Crippen LogP contribution in [0.3, 0.4) is 0 Å². The van der Waals surface area contributed by atoms with Gasteiger partial charge in [0.1, 0.15) is 0 Å². The van der Waals surface area contributed by atoms with E-state index in [-0.39, 0.29) is 24.8 Å². The number of hydrazine groups is 1. The highest BCUT2D eigenvalue weighted by Crippen LogP contribution is 2.26. The van der Waals surface area contributed by atoms with Gasteiger partial charge in [-0.05, 0) is 30.2 Å². The summed E-state index contributed by atoms with van der Waals surface area (Å²) in [5.41, 5.74) is 3.39. The van der Waals surface area contributed by atoms with Crippen LogP contribution < -0.4 is 5.43 Å². The molecule has 0 aliphatic rings. The summed E-state index contributed by atoms with van der Waals surface area (Å²) in [5, 5.41) is 9.80. The molecular formula is C22H34N2O5S. The van der Waals surface area contributed by atoms with Crippen LogP contribution in [0.15, 0.2) is 36.4 Å². The van der Waals surface area contributed by atoms with Gasteiger partial charge in [0.15, 0.2) is 0 Å². The van der Waals surface area contributed by atoms with Crippen molar-refractivity contribution >= 4 is 28.0 Å². The second-order valence-electron chi connectivity index (χ2n) is 8.39. The minimum atomic E-state index is -3.68. The third-order valence-electron chi connectivity index (χ3n) is 4.53. The van der Waals surface area contributed by atoms with E-state index in [0.29, 0.717) is 6.42 Å². The van der Waals surface area contributed by atoms with E-state index in [4.69, 9.17) is 0 Å². The summed E-state index contributed by atoms with van der Waals surface area (Å²) in [6, 6.07) is 9.47. The Balaban J connectivity index is 3.07. The van der Waals surface area contributed by atoms with E-state index in [2.05, 4.69) is 5.43 Å². The van der Waals surface area contributed by atoms with Crippen molar-refractivity contribution in [2.45, 2.75) is 40.5 Å². The lowest BCUT2D eigenvalue weighted by atomic mass is 9.82. The van der Waals surface area contributed by atoms with Gasteiger partial charge < -0.3 is 5.11 Å². The van der Waals surface area contributed by atoms with E-state index in [1.807, 2.05) is 64.1 Å². The molecule has 0 aromatic heterocycles. The Bertz CT molecular complexity index is 819. The van der Waals surface area contributed by atoms with Gasteiger partial charge in [-0.3, -0.25) is 15.0 Å². The largest absolute Gasteiger partial charge is 0.481 e. The minimum Gasteiger partial charge on any atom is -0.481 e. The van der Waals surface area contributed by atoms with Crippen LogP contribution in [0.5, 0.6) is 0 Å². The van der Waals surface area contributed by atoms with E-state index in [9.17, 15) is 23.1 Å². The topological polar surface area (TPSA) is 104 Å². The lowest BCUT2D eigenvalue weighted by molar-refractivity contribution is -0.148. The van der Waals surface area contributed by atoms with Crippen molar-refractivity contribution in [2.24, 2.45) is 23.7 Å². The van der Waals surface area contributed by atoms with Gasteiger partial charge in [0.25, 0.3) is 0 Å². The smallest absolute Gasteiger partial charge is 0.307 e. The highest BCUT2D eigenvalue weighted by Gasteiger charge is 2.35. The van der Waals surface area contributed by atoms with E-state index >= 15 is 0 Å². The van der Waals surface area contributed by atoms with Crippen molar-refractivity contribution in [1.82, 2.24) is 9.84 Å². The van der Waals surface area contributed by atoms with Crippen molar-refractivity contribution < 1.29 is 23.1 Å². The summed E-state index contributed by atoms with van der Waals surface area (Å²) < 4.78 is 25.0. The number of hydrogen-bond donors (Lipinski definition) is 2. The van der Waals surface area contributed by atoms with Crippen LogP contribution in [0.4, 0.5) is 0 Å². The molecule has 0 saturated carbocycles. The molecule has 0 aliphatic heterocycles. The molecular weight excluding hydrogens is 404 g/mol. The standard InChI is InChI=1S/C22H34N2O5S/c1-16(2)14-20(21(25)23-24(15-17(3)4)30(5,28)29)19(22(26)27)13-9-12-18-10-7-6-8-11-18/h6-12,16-17,19-20H,13-15H2,1-5H3,(H,23,25)(H,26,27)/b12-9+/t19-,20+/m0/s1. The number of nitrogens with zero attached hydrogens (tertiary/aromatic N) is 1. The Morgan fingerprint density at radius 3 is 2.13 bits per heavy atom. The fourth-order valence-corrected chi connectivity index (χ4v) is 3.94. The summed E-state index contributed by atoms with van der Waals surface area (Å²) in [5.74, 6) is -3.43. The monoisotopic (exact) mass is 438 g/mol. The van der Waals surface area contributed by atoms with E-state index in [0.717, 1.165) is 16.2 Å². The second kappa shape index (κ2) is 11.9. The van der Waals surface area contributed by atoms with E-state index in [1.165, 1.54) is 0 Å². The molecule has 2 N–H and O–H groups in total. The van der Waals surface area contributed by atoms with Gasteiger partial charge in [-0.2, -0.15) is 0 Å². The molecule has 168 valence electrons. The first-order chi connectivity index (χ1) is 13.9. The average molecular weight is 439 g/mol. The van der Waals surface area contributed by atoms with Crippen LogP contribution in [0.25, 0.3) is 6.08 Å². The number of allylic oxidation sites excluding steroid dienone is 1. The van der Waals surface area contributed by atoms with Crippen LogP contribution >= 0.6 is 0 Å². The molecule has 2 atom stereocenters. The summed E-state index contributed by atoms with van der Waals surface area (Å²) in [6.45, 7) is 7.60. The van der Waals surface area contributed by atoms with Crippen molar-refractivity contribution in [3.8, 4) is 0 Å². The molecule has 7 nitrogen and oxygen atoms in total. The van der Waals surface area contributed by atoms with Crippen LogP contribution in [-0.4, -0.2) is 42.6 Å². The number of nitrogens with one attached hydrogen (secondary N) is 1. The molecule has 8 heteroatoms. The lowest BCUT2D eigenvalue weighted by Gasteiger charge is -2.28. The molecule has 1 aromatic carbocycles. The molecule has 0 fully saturated rings. The number of amides is 1. The Morgan fingerprint density at radius 1 is 1.07 bits per heavy atom. The Morgan fingerprint density at radius 2 is 1.67 bits per heavy atom. The lowest BCUT2D eigenvalue weighted by Crippen LogP contribution is -2.51. The normalized spacial score (nSPS) is 14.4. The highest BCUT2D eigenvalue weighted by atomic mass is 32.2. The molecule has 1 amide bonds. The summed E-state index contributed by atoms with van der Waals surface area (Å²) in [7, 11) is -3.68. The molecule has 0 heterocycles.